The predicted molar refractivity (Wildman–Crippen MR) is 84.3 cm³/mol. The second-order valence-electron chi connectivity index (χ2n) is 4.64. The highest BCUT2D eigenvalue weighted by Gasteiger charge is 2.08. The van der Waals surface area contributed by atoms with Gasteiger partial charge in [-0.1, -0.05) is 37.1 Å². The molecule has 2 aromatic carbocycles. The summed E-state index contributed by atoms with van der Waals surface area (Å²) in [5, 5.41) is 3.29. The summed E-state index contributed by atoms with van der Waals surface area (Å²) < 4.78 is 0. The molecule has 0 bridgehead atoms. The van der Waals surface area contributed by atoms with Gasteiger partial charge in [0.1, 0.15) is 0 Å². The van der Waals surface area contributed by atoms with Crippen LogP contribution in [0.2, 0.25) is 5.02 Å². The van der Waals surface area contributed by atoms with E-state index in [1.54, 1.807) is 18.2 Å². The lowest BCUT2D eigenvalue weighted by atomic mass is 10.1. The van der Waals surface area contributed by atoms with Gasteiger partial charge in [0.25, 0.3) is 5.91 Å². The molecular formula is C16H17ClN2O. The van der Waals surface area contributed by atoms with Crippen molar-refractivity contribution in [3.05, 3.63) is 58.6 Å². The minimum Gasteiger partial charge on any atom is -0.398 e. The third-order valence-corrected chi connectivity index (χ3v) is 3.35. The average Bonchev–Trinajstić information content (AvgIpc) is 2.44. The first-order valence-corrected chi connectivity index (χ1v) is 6.93. The van der Waals surface area contributed by atoms with Crippen LogP contribution in [0.5, 0.6) is 0 Å². The Balaban J connectivity index is 2.08. The largest absolute Gasteiger partial charge is 0.398 e. The molecule has 0 unspecified atom stereocenters. The highest BCUT2D eigenvalue weighted by atomic mass is 35.5. The first-order valence-electron chi connectivity index (χ1n) is 6.55. The number of halogens is 1. The molecule has 3 nitrogen and oxygen atoms in total. The van der Waals surface area contributed by atoms with Crippen LogP contribution < -0.4 is 11.1 Å². The molecule has 0 spiro atoms. The number of benzene rings is 2. The topological polar surface area (TPSA) is 55.1 Å². The summed E-state index contributed by atoms with van der Waals surface area (Å²) in [6.07, 6.45) is 2.15. The molecule has 0 aromatic heterocycles. The number of nitrogens with one attached hydrogen (secondary N) is 1. The normalized spacial score (nSPS) is 10.3. The maximum absolute atomic E-state index is 12.1. The summed E-state index contributed by atoms with van der Waals surface area (Å²) in [4.78, 5) is 12.1. The van der Waals surface area contributed by atoms with Crippen molar-refractivity contribution < 1.29 is 4.79 Å². The van der Waals surface area contributed by atoms with Gasteiger partial charge >= 0.3 is 0 Å². The second kappa shape index (κ2) is 6.44. The van der Waals surface area contributed by atoms with Crippen molar-refractivity contribution in [2.75, 3.05) is 11.1 Å². The van der Waals surface area contributed by atoms with Crippen LogP contribution in [0.4, 0.5) is 11.4 Å². The van der Waals surface area contributed by atoms with Crippen LogP contribution in [0.1, 0.15) is 29.3 Å². The zero-order valence-electron chi connectivity index (χ0n) is 11.3. The van der Waals surface area contributed by atoms with E-state index in [0.717, 1.165) is 18.5 Å². The number of carbonyl (C=O) groups excluding carboxylic acids is 1. The van der Waals surface area contributed by atoms with Crippen LogP contribution in [0.15, 0.2) is 42.5 Å². The monoisotopic (exact) mass is 288 g/mol. The standard InChI is InChI=1S/C16H17ClN2O/c1-2-3-11-4-7-13(8-5-11)19-16(20)12-6-9-14(17)15(18)10-12/h4-10H,2-3,18H2,1H3,(H,19,20). The molecule has 0 saturated heterocycles. The maximum Gasteiger partial charge on any atom is 0.255 e. The van der Waals surface area contributed by atoms with E-state index < -0.39 is 0 Å². The molecule has 0 aliphatic carbocycles. The van der Waals surface area contributed by atoms with E-state index in [1.807, 2.05) is 24.3 Å². The minimum absolute atomic E-state index is 0.198. The first-order chi connectivity index (χ1) is 9.60. The third-order valence-electron chi connectivity index (χ3n) is 3.01. The van der Waals surface area contributed by atoms with Gasteiger partial charge in [-0.2, -0.15) is 0 Å². The smallest absolute Gasteiger partial charge is 0.255 e. The molecule has 4 heteroatoms. The Morgan fingerprint density at radius 3 is 2.50 bits per heavy atom. The van der Waals surface area contributed by atoms with E-state index >= 15 is 0 Å². The van der Waals surface area contributed by atoms with E-state index in [1.165, 1.54) is 5.56 Å². The third kappa shape index (κ3) is 3.52. The van der Waals surface area contributed by atoms with Gasteiger partial charge in [0.2, 0.25) is 0 Å². The Hall–Kier alpha value is -2.00. The average molecular weight is 289 g/mol. The molecule has 0 aliphatic rings. The highest BCUT2D eigenvalue weighted by Crippen LogP contribution is 2.20. The summed E-state index contributed by atoms with van der Waals surface area (Å²) in [6, 6.07) is 12.7. The minimum atomic E-state index is -0.198. The van der Waals surface area contributed by atoms with Crippen LogP contribution >= 0.6 is 11.6 Å². The molecule has 0 aliphatic heterocycles. The Bertz CT molecular complexity index is 608. The molecule has 2 aromatic rings. The van der Waals surface area contributed by atoms with E-state index in [4.69, 9.17) is 17.3 Å². The van der Waals surface area contributed by atoms with Crippen LogP contribution in [0.3, 0.4) is 0 Å². The Morgan fingerprint density at radius 2 is 1.90 bits per heavy atom. The fourth-order valence-electron chi connectivity index (χ4n) is 1.93. The van der Waals surface area contributed by atoms with E-state index in [0.29, 0.717) is 16.3 Å². The summed E-state index contributed by atoms with van der Waals surface area (Å²) in [5.74, 6) is -0.198. The quantitative estimate of drug-likeness (QED) is 0.831. The number of hydrogen-bond donors (Lipinski definition) is 2. The van der Waals surface area contributed by atoms with Gasteiger partial charge in [-0.15, -0.1) is 0 Å². The summed E-state index contributed by atoms with van der Waals surface area (Å²) in [5.41, 5.74) is 8.62. The van der Waals surface area contributed by atoms with Crippen LogP contribution in [-0.2, 0) is 6.42 Å². The Kier molecular flexibility index (Phi) is 4.64. The molecule has 0 atom stereocenters. The van der Waals surface area contributed by atoms with Gasteiger partial charge in [-0.05, 0) is 42.3 Å². The molecular weight excluding hydrogens is 272 g/mol. The van der Waals surface area contributed by atoms with Crippen molar-refractivity contribution in [1.29, 1.82) is 0 Å². The van der Waals surface area contributed by atoms with E-state index in [-0.39, 0.29) is 5.91 Å². The molecule has 20 heavy (non-hydrogen) atoms. The number of hydrogen-bond acceptors (Lipinski definition) is 2. The van der Waals surface area contributed by atoms with Gasteiger partial charge in [0, 0.05) is 11.3 Å². The predicted octanol–water partition coefficient (Wildman–Crippen LogP) is 4.13. The van der Waals surface area contributed by atoms with Crippen molar-refractivity contribution in [2.24, 2.45) is 0 Å². The number of nitrogen functional groups attached to an aromatic ring is 1. The maximum atomic E-state index is 12.1. The molecule has 0 heterocycles. The highest BCUT2D eigenvalue weighted by molar-refractivity contribution is 6.33. The fraction of sp³-hybridized carbons (Fsp3) is 0.188. The van der Waals surface area contributed by atoms with Crippen LogP contribution in [0.25, 0.3) is 0 Å². The molecule has 1 amide bonds. The van der Waals surface area contributed by atoms with Crippen molar-refractivity contribution >= 4 is 28.9 Å². The van der Waals surface area contributed by atoms with E-state index in [9.17, 15) is 4.79 Å². The molecule has 0 fully saturated rings. The zero-order valence-corrected chi connectivity index (χ0v) is 12.1. The van der Waals surface area contributed by atoms with Gasteiger partial charge in [0.05, 0.1) is 10.7 Å². The molecule has 3 N–H and O–H groups in total. The number of carbonyl (C=O) groups is 1. The summed E-state index contributed by atoms with van der Waals surface area (Å²) >= 11 is 5.84. The number of aryl methyl sites for hydroxylation is 1. The van der Waals surface area contributed by atoms with Crippen molar-refractivity contribution in [3.63, 3.8) is 0 Å². The summed E-state index contributed by atoms with van der Waals surface area (Å²) in [6.45, 7) is 2.14. The fourth-order valence-corrected chi connectivity index (χ4v) is 2.05. The SMILES string of the molecule is CCCc1ccc(NC(=O)c2ccc(Cl)c(N)c2)cc1. The van der Waals surface area contributed by atoms with Crippen molar-refractivity contribution in [1.82, 2.24) is 0 Å². The lowest BCUT2D eigenvalue weighted by Crippen LogP contribution is -2.12. The molecule has 2 rings (SSSR count). The van der Waals surface area contributed by atoms with Crippen molar-refractivity contribution in [2.45, 2.75) is 19.8 Å². The Labute approximate surface area is 123 Å². The van der Waals surface area contributed by atoms with Crippen LogP contribution in [0, 0.1) is 0 Å². The molecule has 0 radical (unpaired) electrons. The van der Waals surface area contributed by atoms with E-state index in [2.05, 4.69) is 12.2 Å². The first kappa shape index (κ1) is 14.4. The number of anilines is 2. The van der Waals surface area contributed by atoms with Gasteiger partial charge in [0.15, 0.2) is 0 Å². The molecule has 104 valence electrons. The summed E-state index contributed by atoms with van der Waals surface area (Å²) in [7, 11) is 0. The van der Waals surface area contributed by atoms with Crippen molar-refractivity contribution in [3.8, 4) is 0 Å². The second-order valence-corrected chi connectivity index (χ2v) is 5.04. The number of amides is 1. The van der Waals surface area contributed by atoms with Gasteiger partial charge in [-0.3, -0.25) is 4.79 Å². The van der Waals surface area contributed by atoms with Crippen LogP contribution in [-0.4, -0.2) is 5.91 Å². The molecule has 0 saturated carbocycles. The van der Waals surface area contributed by atoms with Gasteiger partial charge < -0.3 is 11.1 Å². The number of rotatable bonds is 4. The Morgan fingerprint density at radius 1 is 1.20 bits per heavy atom. The van der Waals surface area contributed by atoms with Gasteiger partial charge in [-0.25, -0.2) is 0 Å². The zero-order chi connectivity index (χ0) is 14.5. The lowest BCUT2D eigenvalue weighted by molar-refractivity contribution is 0.102. The number of nitrogens with two attached hydrogens (primary N) is 1. The lowest BCUT2D eigenvalue weighted by Gasteiger charge is -2.07.